The molecule has 0 radical (unpaired) electrons. The monoisotopic (exact) mass is 374 g/mol. The Hall–Kier alpha value is -3.21. The zero-order valence-electron chi connectivity index (χ0n) is 16.6. The van der Waals surface area contributed by atoms with Gasteiger partial charge in [0.15, 0.2) is 11.5 Å². The van der Waals surface area contributed by atoms with Gasteiger partial charge in [-0.2, -0.15) is 0 Å². The lowest BCUT2D eigenvalue weighted by Crippen LogP contribution is -2.31. The Bertz CT molecular complexity index is 890. The Morgan fingerprint density at radius 1 is 0.929 bits per heavy atom. The van der Waals surface area contributed by atoms with Gasteiger partial charge in [-0.15, -0.1) is 10.2 Å². The van der Waals surface area contributed by atoms with E-state index in [9.17, 15) is 4.79 Å². The number of hydrogen-bond acceptors (Lipinski definition) is 4. The van der Waals surface area contributed by atoms with Crippen molar-refractivity contribution >= 4 is 11.7 Å². The molecule has 3 aromatic rings. The molecule has 2 aromatic carbocycles. The van der Waals surface area contributed by atoms with Gasteiger partial charge >= 0.3 is 0 Å². The summed E-state index contributed by atoms with van der Waals surface area (Å²) >= 11 is 0. The minimum absolute atomic E-state index is 0.223. The number of hydrogen-bond donors (Lipinski definition) is 1. The number of amides is 1. The van der Waals surface area contributed by atoms with Gasteiger partial charge in [0.2, 0.25) is 0 Å². The third-order valence-electron chi connectivity index (χ3n) is 4.57. The van der Waals surface area contributed by atoms with Crippen molar-refractivity contribution in [3.8, 4) is 0 Å². The second kappa shape index (κ2) is 9.13. The number of carbonyl (C=O) groups excluding carboxylic acids is 1. The minimum Gasteiger partial charge on any atom is -0.348 e. The van der Waals surface area contributed by atoms with Gasteiger partial charge in [0.1, 0.15) is 0 Å². The fraction of sp³-hybridized carbons (Fsp3) is 0.261. The molecule has 1 N–H and O–H groups in total. The summed E-state index contributed by atoms with van der Waals surface area (Å²) < 4.78 is 0. The first-order valence-corrected chi connectivity index (χ1v) is 9.51. The molecule has 5 heteroatoms. The zero-order chi connectivity index (χ0) is 19.9. The van der Waals surface area contributed by atoms with Crippen molar-refractivity contribution in [3.05, 3.63) is 89.1 Å². The molecule has 0 aliphatic carbocycles. The molecule has 0 saturated carbocycles. The predicted octanol–water partition coefficient (Wildman–Crippen LogP) is 4.13. The molecule has 1 aromatic heterocycles. The van der Waals surface area contributed by atoms with E-state index in [-0.39, 0.29) is 11.9 Å². The number of rotatable bonds is 7. The van der Waals surface area contributed by atoms with E-state index in [1.54, 1.807) is 6.07 Å². The van der Waals surface area contributed by atoms with E-state index in [1.165, 1.54) is 11.1 Å². The molecule has 0 aliphatic heterocycles. The Morgan fingerprint density at radius 3 is 2.25 bits per heavy atom. The second-order valence-electron chi connectivity index (χ2n) is 7.15. The van der Waals surface area contributed by atoms with Crippen LogP contribution >= 0.6 is 0 Å². The molecule has 0 fully saturated rings. The van der Waals surface area contributed by atoms with E-state index in [0.717, 1.165) is 17.9 Å². The van der Waals surface area contributed by atoms with Gasteiger partial charge < -0.3 is 10.2 Å². The van der Waals surface area contributed by atoms with Crippen molar-refractivity contribution in [1.82, 2.24) is 15.5 Å². The molecule has 0 unspecified atom stereocenters. The number of aromatic nitrogens is 2. The number of anilines is 1. The van der Waals surface area contributed by atoms with Crippen molar-refractivity contribution in [2.75, 3.05) is 4.90 Å². The Labute approximate surface area is 166 Å². The van der Waals surface area contributed by atoms with Crippen LogP contribution in [0.25, 0.3) is 0 Å². The summed E-state index contributed by atoms with van der Waals surface area (Å²) in [4.78, 5) is 14.5. The highest BCUT2D eigenvalue weighted by atomic mass is 16.1. The summed E-state index contributed by atoms with van der Waals surface area (Å²) in [5.74, 6) is 0.535. The van der Waals surface area contributed by atoms with Crippen molar-refractivity contribution in [2.24, 2.45) is 0 Å². The third-order valence-corrected chi connectivity index (χ3v) is 4.57. The van der Waals surface area contributed by atoms with E-state index < -0.39 is 0 Å². The van der Waals surface area contributed by atoms with Crippen molar-refractivity contribution in [1.29, 1.82) is 0 Å². The van der Waals surface area contributed by atoms with E-state index in [2.05, 4.69) is 46.4 Å². The molecule has 0 aliphatic rings. The van der Waals surface area contributed by atoms with Crippen LogP contribution in [0.4, 0.5) is 5.82 Å². The third kappa shape index (κ3) is 5.16. The molecule has 0 saturated heterocycles. The molecular formula is C23H26N4O. The molecule has 1 heterocycles. The lowest BCUT2D eigenvalue weighted by molar-refractivity contribution is 0.0945. The smallest absolute Gasteiger partial charge is 0.272 e. The van der Waals surface area contributed by atoms with Crippen molar-refractivity contribution in [2.45, 2.75) is 39.9 Å². The summed E-state index contributed by atoms with van der Waals surface area (Å²) in [6.07, 6.45) is 0. The second-order valence-corrected chi connectivity index (χ2v) is 7.15. The molecule has 28 heavy (non-hydrogen) atoms. The summed E-state index contributed by atoms with van der Waals surface area (Å²) in [5.41, 5.74) is 3.77. The molecule has 5 nitrogen and oxygen atoms in total. The molecule has 3 rings (SSSR count). The van der Waals surface area contributed by atoms with Crippen LogP contribution in [-0.2, 0) is 13.1 Å². The van der Waals surface area contributed by atoms with E-state index in [0.29, 0.717) is 12.2 Å². The Kier molecular flexibility index (Phi) is 6.37. The van der Waals surface area contributed by atoms with Crippen LogP contribution in [0.5, 0.6) is 0 Å². The number of benzene rings is 2. The summed E-state index contributed by atoms with van der Waals surface area (Å²) in [7, 11) is 0. The first kappa shape index (κ1) is 19.5. The first-order chi connectivity index (χ1) is 13.5. The van der Waals surface area contributed by atoms with Crippen LogP contribution in [0.3, 0.4) is 0 Å². The van der Waals surface area contributed by atoms with Gasteiger partial charge in [0.25, 0.3) is 5.91 Å². The van der Waals surface area contributed by atoms with Crippen LogP contribution in [0.15, 0.2) is 66.7 Å². The topological polar surface area (TPSA) is 58.1 Å². The Balaban J connectivity index is 1.65. The van der Waals surface area contributed by atoms with Gasteiger partial charge in [0.05, 0.1) is 0 Å². The summed E-state index contributed by atoms with van der Waals surface area (Å²) in [5, 5.41) is 11.3. The number of nitrogens with one attached hydrogen (secondary N) is 1. The molecule has 1 amide bonds. The number of aryl methyl sites for hydroxylation is 1. The van der Waals surface area contributed by atoms with Gasteiger partial charge in [-0.3, -0.25) is 4.79 Å². The molecule has 0 spiro atoms. The highest BCUT2D eigenvalue weighted by Crippen LogP contribution is 2.17. The van der Waals surface area contributed by atoms with Gasteiger partial charge in [0, 0.05) is 19.1 Å². The van der Waals surface area contributed by atoms with Crippen molar-refractivity contribution in [3.63, 3.8) is 0 Å². The minimum atomic E-state index is -0.223. The maximum Gasteiger partial charge on any atom is 0.272 e. The number of nitrogens with zero attached hydrogens (tertiary/aromatic N) is 3. The van der Waals surface area contributed by atoms with E-state index >= 15 is 0 Å². The van der Waals surface area contributed by atoms with Crippen molar-refractivity contribution < 1.29 is 4.79 Å². The van der Waals surface area contributed by atoms with Crippen LogP contribution < -0.4 is 10.2 Å². The zero-order valence-corrected chi connectivity index (χ0v) is 16.6. The van der Waals surface area contributed by atoms with Crippen LogP contribution in [0.1, 0.15) is 41.0 Å². The normalized spacial score (nSPS) is 10.7. The van der Waals surface area contributed by atoms with Gasteiger partial charge in [-0.25, -0.2) is 0 Å². The van der Waals surface area contributed by atoms with Crippen LogP contribution in [-0.4, -0.2) is 22.1 Å². The fourth-order valence-electron chi connectivity index (χ4n) is 2.89. The number of carbonyl (C=O) groups is 1. The highest BCUT2D eigenvalue weighted by molar-refractivity contribution is 5.92. The molecule has 144 valence electrons. The van der Waals surface area contributed by atoms with E-state index in [1.807, 2.05) is 55.5 Å². The molecule has 0 atom stereocenters. The Morgan fingerprint density at radius 2 is 1.64 bits per heavy atom. The molecule has 0 bridgehead atoms. The van der Waals surface area contributed by atoms with E-state index in [4.69, 9.17) is 0 Å². The highest BCUT2D eigenvalue weighted by Gasteiger charge is 2.15. The van der Waals surface area contributed by atoms with Gasteiger partial charge in [-0.05, 0) is 44.0 Å². The standard InChI is InChI=1S/C23H26N4O/c1-17(2)27(16-20-7-5-4-6-8-20)22-14-13-21(25-26-22)23(28)24-15-19-11-9-18(3)10-12-19/h4-14,17H,15-16H2,1-3H3,(H,24,28). The quantitative estimate of drug-likeness (QED) is 0.676. The van der Waals surface area contributed by atoms with Crippen LogP contribution in [0, 0.1) is 6.92 Å². The first-order valence-electron chi connectivity index (χ1n) is 9.51. The largest absolute Gasteiger partial charge is 0.348 e. The maximum atomic E-state index is 12.4. The fourth-order valence-corrected chi connectivity index (χ4v) is 2.89. The average molecular weight is 374 g/mol. The lowest BCUT2D eigenvalue weighted by Gasteiger charge is -2.27. The average Bonchev–Trinajstić information content (AvgIpc) is 2.72. The van der Waals surface area contributed by atoms with Gasteiger partial charge in [-0.1, -0.05) is 60.2 Å². The lowest BCUT2D eigenvalue weighted by atomic mass is 10.1. The summed E-state index contributed by atoms with van der Waals surface area (Å²) in [6, 6.07) is 22.2. The van der Waals surface area contributed by atoms with Crippen LogP contribution in [0.2, 0.25) is 0 Å². The maximum absolute atomic E-state index is 12.4. The predicted molar refractivity (Wildman–Crippen MR) is 112 cm³/mol. The summed E-state index contributed by atoms with van der Waals surface area (Å²) in [6.45, 7) is 7.48. The SMILES string of the molecule is Cc1ccc(CNC(=O)c2ccc(N(Cc3ccccc3)C(C)C)nn2)cc1. The molecular weight excluding hydrogens is 348 g/mol.